The smallest absolute Gasteiger partial charge is 0.235 e. The van der Waals surface area contributed by atoms with Gasteiger partial charge >= 0.3 is 0 Å². The maximum atomic E-state index is 12.4. The van der Waals surface area contributed by atoms with Crippen molar-refractivity contribution in [1.82, 2.24) is 4.98 Å². The van der Waals surface area contributed by atoms with Gasteiger partial charge in [-0.25, -0.2) is 13.4 Å². The van der Waals surface area contributed by atoms with Crippen LogP contribution in [0.2, 0.25) is 0 Å². The Labute approximate surface area is 169 Å². The van der Waals surface area contributed by atoms with Crippen LogP contribution in [0.15, 0.2) is 59.0 Å². The Morgan fingerprint density at radius 1 is 1.14 bits per heavy atom. The zero-order valence-corrected chi connectivity index (χ0v) is 16.8. The van der Waals surface area contributed by atoms with Crippen LogP contribution in [-0.4, -0.2) is 31.6 Å². The number of hydrogen-bond donors (Lipinski definition) is 1. The molecule has 1 aliphatic heterocycles. The number of carbonyl (C=O) groups is 1. The van der Waals surface area contributed by atoms with Crippen molar-refractivity contribution in [3.05, 3.63) is 66.1 Å². The molecule has 0 radical (unpaired) electrons. The highest BCUT2D eigenvalue weighted by Gasteiger charge is 2.28. The lowest BCUT2D eigenvalue weighted by Crippen LogP contribution is -2.25. The van der Waals surface area contributed by atoms with E-state index in [0.717, 1.165) is 5.56 Å². The van der Waals surface area contributed by atoms with Gasteiger partial charge in [-0.1, -0.05) is 18.2 Å². The largest absolute Gasteiger partial charge is 0.441 e. The second-order valence-corrected chi connectivity index (χ2v) is 8.91. The molecule has 0 saturated carbocycles. The van der Waals surface area contributed by atoms with Gasteiger partial charge < -0.3 is 9.73 Å². The van der Waals surface area contributed by atoms with Crippen molar-refractivity contribution in [1.29, 1.82) is 0 Å². The predicted molar refractivity (Wildman–Crippen MR) is 111 cm³/mol. The van der Waals surface area contributed by atoms with Crippen LogP contribution in [0.3, 0.4) is 0 Å². The van der Waals surface area contributed by atoms with Crippen LogP contribution in [0.1, 0.15) is 17.9 Å². The topological polar surface area (TPSA) is 92.5 Å². The van der Waals surface area contributed by atoms with Crippen molar-refractivity contribution in [3.8, 4) is 11.5 Å². The van der Waals surface area contributed by atoms with E-state index in [4.69, 9.17) is 4.42 Å². The van der Waals surface area contributed by atoms with Gasteiger partial charge in [-0.3, -0.25) is 9.10 Å². The minimum Gasteiger partial charge on any atom is -0.441 e. The average Bonchev–Trinajstić information content (AvgIpc) is 3.25. The zero-order valence-electron chi connectivity index (χ0n) is 16.0. The van der Waals surface area contributed by atoms with Crippen molar-refractivity contribution < 1.29 is 17.6 Å². The van der Waals surface area contributed by atoms with E-state index in [2.05, 4.69) is 10.3 Å². The van der Waals surface area contributed by atoms with E-state index < -0.39 is 10.0 Å². The van der Waals surface area contributed by atoms with Crippen molar-refractivity contribution in [2.24, 2.45) is 0 Å². The molecule has 0 bridgehead atoms. The lowest BCUT2D eigenvalue weighted by Gasteiger charge is -2.17. The third-order valence-electron chi connectivity index (χ3n) is 4.78. The molecule has 8 heteroatoms. The summed E-state index contributed by atoms with van der Waals surface area (Å²) < 4.78 is 31.1. The van der Waals surface area contributed by atoms with E-state index in [9.17, 15) is 13.2 Å². The lowest BCUT2D eigenvalue weighted by atomic mass is 10.2. The molecule has 0 aliphatic carbocycles. The molecule has 1 amide bonds. The van der Waals surface area contributed by atoms with Gasteiger partial charge in [-0.05, 0) is 49.7 Å². The van der Waals surface area contributed by atoms with Gasteiger partial charge in [0.2, 0.25) is 21.8 Å². The first-order valence-electron chi connectivity index (χ1n) is 9.34. The van der Waals surface area contributed by atoms with E-state index in [1.807, 2.05) is 30.3 Å². The Morgan fingerprint density at radius 3 is 2.52 bits per heavy atom. The van der Waals surface area contributed by atoms with Gasteiger partial charge in [-0.15, -0.1) is 0 Å². The molecule has 0 atom stereocenters. The highest BCUT2D eigenvalue weighted by Crippen LogP contribution is 2.26. The molecule has 1 aliphatic rings. The number of rotatable bonds is 5. The monoisotopic (exact) mass is 411 g/mol. The van der Waals surface area contributed by atoms with E-state index in [1.165, 1.54) is 4.31 Å². The first-order chi connectivity index (χ1) is 13.9. The summed E-state index contributed by atoms with van der Waals surface area (Å²) in [4.78, 5) is 16.9. The Bertz CT molecular complexity index is 1120. The minimum atomic E-state index is -3.21. The van der Waals surface area contributed by atoms with Gasteiger partial charge in [0.1, 0.15) is 5.76 Å². The summed E-state index contributed by atoms with van der Waals surface area (Å²) in [7, 11) is -3.21. The molecule has 7 nitrogen and oxygen atoms in total. The van der Waals surface area contributed by atoms with Crippen LogP contribution >= 0.6 is 0 Å². The fourth-order valence-electron chi connectivity index (χ4n) is 3.29. The number of aryl methyl sites for hydroxylation is 1. The fourth-order valence-corrected chi connectivity index (χ4v) is 4.86. The zero-order chi connectivity index (χ0) is 20.4. The molecular weight excluding hydrogens is 390 g/mol. The minimum absolute atomic E-state index is 0.0877. The number of sulfonamides is 1. The summed E-state index contributed by atoms with van der Waals surface area (Å²) >= 11 is 0. The molecule has 1 saturated heterocycles. The average molecular weight is 411 g/mol. The summed E-state index contributed by atoms with van der Waals surface area (Å²) in [5.41, 5.74) is 2.65. The standard InChI is InChI=1S/C21H21N3O4S/c1-15-19(23-21(28-15)16-6-3-2-4-7-16)14-20(25)22-17-8-10-18(11-9-17)24-12-5-13-29(24,26)27/h2-4,6-11H,5,12-14H2,1H3,(H,22,25). The maximum absolute atomic E-state index is 12.4. The summed E-state index contributed by atoms with van der Waals surface area (Å²) in [5.74, 6) is 1.05. The maximum Gasteiger partial charge on any atom is 0.235 e. The van der Waals surface area contributed by atoms with Crippen molar-refractivity contribution >= 4 is 27.3 Å². The Morgan fingerprint density at radius 2 is 1.86 bits per heavy atom. The van der Waals surface area contributed by atoms with E-state index >= 15 is 0 Å². The van der Waals surface area contributed by atoms with Crippen LogP contribution < -0.4 is 9.62 Å². The molecule has 1 fully saturated rings. The number of aromatic nitrogens is 1. The number of nitrogens with one attached hydrogen (secondary N) is 1. The van der Waals surface area contributed by atoms with Crippen LogP contribution in [-0.2, 0) is 21.2 Å². The number of benzene rings is 2. The number of hydrogen-bond acceptors (Lipinski definition) is 5. The number of oxazole rings is 1. The summed E-state index contributed by atoms with van der Waals surface area (Å²) in [6, 6.07) is 16.3. The van der Waals surface area contributed by atoms with E-state index in [1.54, 1.807) is 31.2 Å². The van der Waals surface area contributed by atoms with Crippen molar-refractivity contribution in [2.75, 3.05) is 21.9 Å². The molecule has 1 aromatic heterocycles. The molecule has 2 heterocycles. The third kappa shape index (κ3) is 4.17. The van der Waals surface area contributed by atoms with Gasteiger partial charge in [0.25, 0.3) is 0 Å². The first kappa shape index (κ1) is 19.2. The van der Waals surface area contributed by atoms with Crippen LogP contribution in [0, 0.1) is 6.92 Å². The van der Waals surface area contributed by atoms with Crippen LogP contribution in [0.5, 0.6) is 0 Å². The van der Waals surface area contributed by atoms with E-state index in [-0.39, 0.29) is 18.1 Å². The Hall–Kier alpha value is -3.13. The van der Waals surface area contributed by atoms with Crippen molar-refractivity contribution in [3.63, 3.8) is 0 Å². The summed E-state index contributed by atoms with van der Waals surface area (Å²) in [6.45, 7) is 2.27. The molecule has 0 spiro atoms. The predicted octanol–water partition coefficient (Wildman–Crippen LogP) is 3.37. The lowest BCUT2D eigenvalue weighted by molar-refractivity contribution is -0.115. The van der Waals surface area contributed by atoms with Gasteiger partial charge in [0.15, 0.2) is 0 Å². The molecule has 0 unspecified atom stereocenters. The normalized spacial score (nSPS) is 15.4. The van der Waals surface area contributed by atoms with Crippen molar-refractivity contribution in [2.45, 2.75) is 19.8 Å². The molecule has 29 heavy (non-hydrogen) atoms. The van der Waals surface area contributed by atoms with Gasteiger partial charge in [0.05, 0.1) is 23.6 Å². The third-order valence-corrected chi connectivity index (χ3v) is 6.65. The van der Waals surface area contributed by atoms with Gasteiger partial charge in [-0.2, -0.15) is 0 Å². The van der Waals surface area contributed by atoms with Crippen LogP contribution in [0.4, 0.5) is 11.4 Å². The molecular formula is C21H21N3O4S. The number of anilines is 2. The second-order valence-electron chi connectivity index (χ2n) is 6.90. The molecule has 150 valence electrons. The Kier molecular flexibility index (Phi) is 5.10. The summed E-state index contributed by atoms with van der Waals surface area (Å²) in [5, 5.41) is 2.82. The number of nitrogens with zero attached hydrogens (tertiary/aromatic N) is 2. The first-order valence-corrected chi connectivity index (χ1v) is 11.0. The fraction of sp³-hybridized carbons (Fsp3) is 0.238. The highest BCUT2D eigenvalue weighted by molar-refractivity contribution is 7.93. The Balaban J connectivity index is 1.42. The number of amides is 1. The van der Waals surface area contributed by atoms with Gasteiger partial charge in [0, 0.05) is 17.8 Å². The quantitative estimate of drug-likeness (QED) is 0.695. The second kappa shape index (κ2) is 7.71. The van der Waals surface area contributed by atoms with E-state index in [0.29, 0.717) is 41.7 Å². The molecule has 2 aromatic carbocycles. The SMILES string of the molecule is Cc1oc(-c2ccccc2)nc1CC(=O)Nc1ccc(N2CCCS2(=O)=O)cc1. The molecule has 3 aromatic rings. The number of carbonyl (C=O) groups excluding carboxylic acids is 1. The molecule has 1 N–H and O–H groups in total. The van der Waals surface area contributed by atoms with Crippen LogP contribution in [0.25, 0.3) is 11.5 Å². The molecule has 4 rings (SSSR count). The highest BCUT2D eigenvalue weighted by atomic mass is 32.2. The summed E-state index contributed by atoms with van der Waals surface area (Å²) in [6.07, 6.45) is 0.716.